The Labute approximate surface area is 154 Å². The molecule has 1 aliphatic heterocycles. The van der Waals surface area contributed by atoms with Crippen molar-refractivity contribution in [2.24, 2.45) is 5.73 Å². The maximum absolute atomic E-state index is 12.4. The number of amides is 2. The van der Waals surface area contributed by atoms with Crippen molar-refractivity contribution >= 4 is 11.8 Å². The molecule has 1 saturated heterocycles. The number of nitrogens with two attached hydrogens (primary N) is 1. The average molecular weight is 359 g/mol. The molecule has 2 amide bonds. The van der Waals surface area contributed by atoms with Gasteiger partial charge in [-0.3, -0.25) is 9.59 Å². The molecule has 1 heterocycles. The minimum Gasteiger partial charge on any atom is -0.376 e. The Bertz CT molecular complexity index is 635. The van der Waals surface area contributed by atoms with Crippen molar-refractivity contribution in [3.8, 4) is 0 Å². The Morgan fingerprint density at radius 2 is 1.96 bits per heavy atom. The molecule has 2 fully saturated rings. The summed E-state index contributed by atoms with van der Waals surface area (Å²) in [6.07, 6.45) is 6.81. The summed E-state index contributed by atoms with van der Waals surface area (Å²) in [5.41, 5.74) is 7.00. The zero-order valence-electron chi connectivity index (χ0n) is 15.3. The van der Waals surface area contributed by atoms with Crippen molar-refractivity contribution in [2.75, 3.05) is 13.2 Å². The zero-order chi connectivity index (χ0) is 18.4. The normalized spacial score (nSPS) is 22.0. The van der Waals surface area contributed by atoms with Crippen molar-refractivity contribution in [1.82, 2.24) is 10.6 Å². The Balaban J connectivity index is 1.51. The van der Waals surface area contributed by atoms with Gasteiger partial charge in [0.25, 0.3) is 5.91 Å². The third-order valence-corrected chi connectivity index (χ3v) is 5.35. The molecule has 142 valence electrons. The second-order valence-electron chi connectivity index (χ2n) is 7.44. The number of carbonyl (C=O) groups is 2. The Morgan fingerprint density at radius 3 is 2.69 bits per heavy atom. The minimum atomic E-state index is -0.742. The average Bonchev–Trinajstić information content (AvgIpc) is 3.18. The SMILES string of the molecule is NC1(C(=O)NCc2cccc(C(=O)NCC3CCCO3)c2)CCCCC1. The molecule has 1 saturated carbocycles. The highest BCUT2D eigenvalue weighted by atomic mass is 16.5. The fraction of sp³-hybridized carbons (Fsp3) is 0.600. The van der Waals surface area contributed by atoms with Crippen molar-refractivity contribution < 1.29 is 14.3 Å². The monoisotopic (exact) mass is 359 g/mol. The molecule has 4 N–H and O–H groups in total. The second kappa shape index (κ2) is 8.64. The van der Waals surface area contributed by atoms with E-state index < -0.39 is 5.54 Å². The van der Waals surface area contributed by atoms with Crippen LogP contribution in [0.1, 0.15) is 60.9 Å². The van der Waals surface area contributed by atoms with E-state index >= 15 is 0 Å². The molecule has 0 aromatic heterocycles. The molecular formula is C20H29N3O3. The highest BCUT2D eigenvalue weighted by Crippen LogP contribution is 2.26. The van der Waals surface area contributed by atoms with E-state index in [2.05, 4.69) is 10.6 Å². The molecule has 1 aromatic rings. The predicted octanol–water partition coefficient (Wildman–Crippen LogP) is 1.87. The summed E-state index contributed by atoms with van der Waals surface area (Å²) >= 11 is 0. The second-order valence-corrected chi connectivity index (χ2v) is 7.44. The molecule has 1 aromatic carbocycles. The summed E-state index contributed by atoms with van der Waals surface area (Å²) < 4.78 is 5.52. The van der Waals surface area contributed by atoms with E-state index in [1.807, 2.05) is 18.2 Å². The largest absolute Gasteiger partial charge is 0.376 e. The van der Waals surface area contributed by atoms with E-state index in [9.17, 15) is 9.59 Å². The maximum atomic E-state index is 12.4. The van der Waals surface area contributed by atoms with E-state index in [0.29, 0.717) is 18.7 Å². The van der Waals surface area contributed by atoms with Crippen molar-refractivity contribution in [2.45, 2.75) is 63.1 Å². The Kier molecular flexibility index (Phi) is 6.27. The van der Waals surface area contributed by atoms with Gasteiger partial charge in [0.1, 0.15) is 0 Å². The van der Waals surface area contributed by atoms with Gasteiger partial charge in [0.2, 0.25) is 5.91 Å². The molecule has 0 bridgehead atoms. The van der Waals surface area contributed by atoms with Crippen LogP contribution in [0, 0.1) is 0 Å². The molecule has 1 atom stereocenters. The summed E-state index contributed by atoms with van der Waals surface area (Å²) in [6.45, 7) is 1.69. The van der Waals surface area contributed by atoms with Gasteiger partial charge in [-0.1, -0.05) is 31.4 Å². The van der Waals surface area contributed by atoms with Crippen LogP contribution in [0.2, 0.25) is 0 Å². The van der Waals surface area contributed by atoms with Crippen LogP contribution in [0.5, 0.6) is 0 Å². The molecule has 0 radical (unpaired) electrons. The highest BCUT2D eigenvalue weighted by Gasteiger charge is 2.34. The molecule has 6 nitrogen and oxygen atoms in total. The summed E-state index contributed by atoms with van der Waals surface area (Å²) in [5, 5.41) is 5.86. The molecule has 1 unspecified atom stereocenters. The van der Waals surface area contributed by atoms with Crippen LogP contribution in [0.4, 0.5) is 0 Å². The first-order chi connectivity index (χ1) is 12.6. The van der Waals surface area contributed by atoms with Crippen molar-refractivity contribution in [1.29, 1.82) is 0 Å². The minimum absolute atomic E-state index is 0.0922. The molecule has 3 rings (SSSR count). The molecule has 26 heavy (non-hydrogen) atoms. The van der Waals surface area contributed by atoms with E-state index in [0.717, 1.165) is 57.1 Å². The van der Waals surface area contributed by atoms with Crippen LogP contribution >= 0.6 is 0 Å². The lowest BCUT2D eigenvalue weighted by Crippen LogP contribution is -2.54. The third-order valence-electron chi connectivity index (χ3n) is 5.35. The van der Waals surface area contributed by atoms with Gasteiger partial charge in [0.05, 0.1) is 11.6 Å². The van der Waals surface area contributed by atoms with Gasteiger partial charge in [-0.25, -0.2) is 0 Å². The van der Waals surface area contributed by atoms with E-state index in [4.69, 9.17) is 10.5 Å². The fourth-order valence-electron chi connectivity index (χ4n) is 3.70. The predicted molar refractivity (Wildman–Crippen MR) is 99.6 cm³/mol. The first-order valence-corrected chi connectivity index (χ1v) is 9.63. The standard InChI is InChI=1S/C20H29N3O3/c21-20(9-2-1-3-10-20)19(25)23-13-15-6-4-7-16(12-15)18(24)22-14-17-8-5-11-26-17/h4,6-7,12,17H,1-3,5,8-11,13-14,21H2,(H,22,24)(H,23,25). The molecule has 1 aliphatic carbocycles. The summed E-state index contributed by atoms with van der Waals surface area (Å²) in [4.78, 5) is 24.7. The van der Waals surface area contributed by atoms with Crippen LogP contribution in [0.15, 0.2) is 24.3 Å². The lowest BCUT2D eigenvalue weighted by Gasteiger charge is -2.31. The van der Waals surface area contributed by atoms with Crippen LogP contribution in [-0.2, 0) is 16.1 Å². The number of benzene rings is 1. The number of hydrogen-bond acceptors (Lipinski definition) is 4. The number of rotatable bonds is 6. The maximum Gasteiger partial charge on any atom is 0.251 e. The van der Waals surface area contributed by atoms with Crippen LogP contribution in [0.3, 0.4) is 0 Å². The van der Waals surface area contributed by atoms with E-state index in [1.54, 1.807) is 6.07 Å². The van der Waals surface area contributed by atoms with Crippen LogP contribution in [-0.4, -0.2) is 36.6 Å². The van der Waals surface area contributed by atoms with Crippen molar-refractivity contribution in [3.05, 3.63) is 35.4 Å². The smallest absolute Gasteiger partial charge is 0.251 e. The topological polar surface area (TPSA) is 93.5 Å². The lowest BCUT2D eigenvalue weighted by molar-refractivity contribution is -0.127. The third kappa shape index (κ3) is 4.83. The number of nitrogens with one attached hydrogen (secondary N) is 2. The number of hydrogen-bond donors (Lipinski definition) is 3. The molecular weight excluding hydrogens is 330 g/mol. The summed E-state index contributed by atoms with van der Waals surface area (Å²) in [5.74, 6) is -0.207. The van der Waals surface area contributed by atoms with Gasteiger partial charge in [0.15, 0.2) is 0 Å². The number of ether oxygens (including phenoxy) is 1. The summed E-state index contributed by atoms with van der Waals surface area (Å²) in [7, 11) is 0. The van der Waals surface area contributed by atoms with Gasteiger partial charge in [0, 0.05) is 25.3 Å². The highest BCUT2D eigenvalue weighted by molar-refractivity contribution is 5.94. The first-order valence-electron chi connectivity index (χ1n) is 9.63. The number of carbonyl (C=O) groups excluding carboxylic acids is 2. The lowest BCUT2D eigenvalue weighted by atomic mass is 9.82. The van der Waals surface area contributed by atoms with Gasteiger partial charge >= 0.3 is 0 Å². The quantitative estimate of drug-likeness (QED) is 0.723. The van der Waals surface area contributed by atoms with E-state index in [-0.39, 0.29) is 17.9 Å². The van der Waals surface area contributed by atoms with Crippen molar-refractivity contribution in [3.63, 3.8) is 0 Å². The van der Waals surface area contributed by atoms with Gasteiger partial charge < -0.3 is 21.1 Å². The molecule has 0 spiro atoms. The Morgan fingerprint density at radius 1 is 1.15 bits per heavy atom. The summed E-state index contributed by atoms with van der Waals surface area (Å²) in [6, 6.07) is 7.33. The van der Waals surface area contributed by atoms with Gasteiger partial charge in [-0.15, -0.1) is 0 Å². The van der Waals surface area contributed by atoms with Gasteiger partial charge in [-0.05, 0) is 43.4 Å². The van der Waals surface area contributed by atoms with Crippen LogP contribution < -0.4 is 16.4 Å². The molecule has 6 heteroatoms. The fourth-order valence-corrected chi connectivity index (χ4v) is 3.70. The Hall–Kier alpha value is -1.92. The molecule has 2 aliphatic rings. The van der Waals surface area contributed by atoms with Crippen LogP contribution in [0.25, 0.3) is 0 Å². The zero-order valence-corrected chi connectivity index (χ0v) is 15.3. The van der Waals surface area contributed by atoms with Gasteiger partial charge in [-0.2, -0.15) is 0 Å². The van der Waals surface area contributed by atoms with E-state index in [1.165, 1.54) is 0 Å². The first kappa shape index (κ1) is 18.9.